The third-order valence-corrected chi connectivity index (χ3v) is 3.20. The maximum atomic E-state index is 12.8. The number of anilines is 1. The maximum absolute atomic E-state index is 12.8. The van der Waals surface area contributed by atoms with Crippen LogP contribution in [0.4, 0.5) is 23.7 Å². The zero-order valence-electron chi connectivity index (χ0n) is 11.0. The van der Waals surface area contributed by atoms with Crippen molar-refractivity contribution in [3.05, 3.63) is 29.8 Å². The van der Waals surface area contributed by atoms with Crippen molar-refractivity contribution in [2.45, 2.75) is 25.1 Å². The fourth-order valence-electron chi connectivity index (χ4n) is 2.02. The summed E-state index contributed by atoms with van der Waals surface area (Å²) in [5, 5.41) is 12.0. The molecular formula is C13H15F3N4O. The average molecular weight is 300 g/mol. The lowest BCUT2D eigenvalue weighted by molar-refractivity contribution is -0.136. The van der Waals surface area contributed by atoms with Gasteiger partial charge in [-0.1, -0.05) is 12.1 Å². The molecule has 21 heavy (non-hydrogen) atoms. The van der Waals surface area contributed by atoms with Crippen molar-refractivity contribution in [2.75, 3.05) is 5.32 Å². The van der Waals surface area contributed by atoms with Crippen molar-refractivity contribution in [1.29, 1.82) is 5.41 Å². The minimum atomic E-state index is -4.56. The van der Waals surface area contributed by atoms with Crippen LogP contribution in [-0.2, 0) is 6.18 Å². The van der Waals surface area contributed by atoms with E-state index in [0.29, 0.717) is 0 Å². The van der Waals surface area contributed by atoms with Crippen LogP contribution in [0, 0.1) is 11.3 Å². The van der Waals surface area contributed by atoms with Crippen LogP contribution >= 0.6 is 0 Å². The van der Waals surface area contributed by atoms with Gasteiger partial charge in [0, 0.05) is 0 Å². The SMILES string of the molecule is N=C(N)C(NC(=O)Nc1ccccc1C(F)(F)F)C1CC1. The van der Waals surface area contributed by atoms with E-state index in [9.17, 15) is 18.0 Å². The molecule has 0 bridgehead atoms. The van der Waals surface area contributed by atoms with E-state index in [1.807, 2.05) is 0 Å². The summed E-state index contributed by atoms with van der Waals surface area (Å²) in [4.78, 5) is 11.8. The first-order valence-electron chi connectivity index (χ1n) is 6.36. The highest BCUT2D eigenvalue weighted by Crippen LogP contribution is 2.35. The Balaban J connectivity index is 2.08. The number of nitrogens with two attached hydrogens (primary N) is 1. The van der Waals surface area contributed by atoms with Crippen LogP contribution in [0.15, 0.2) is 24.3 Å². The molecule has 0 aromatic heterocycles. The largest absolute Gasteiger partial charge is 0.418 e. The first kappa shape index (κ1) is 15.1. The Hall–Kier alpha value is -2.25. The number of amidine groups is 1. The highest BCUT2D eigenvalue weighted by Gasteiger charge is 2.36. The quantitative estimate of drug-likeness (QED) is 0.508. The molecule has 114 valence electrons. The molecule has 2 rings (SSSR count). The minimum Gasteiger partial charge on any atom is -0.386 e. The van der Waals surface area contributed by atoms with Gasteiger partial charge in [-0.3, -0.25) is 5.41 Å². The molecular weight excluding hydrogens is 285 g/mol. The molecule has 1 aliphatic rings. The Labute approximate surface area is 119 Å². The summed E-state index contributed by atoms with van der Waals surface area (Å²) >= 11 is 0. The topological polar surface area (TPSA) is 91.0 Å². The summed E-state index contributed by atoms with van der Waals surface area (Å²) in [5.74, 6) is -0.108. The molecule has 0 heterocycles. The number of hydrogen-bond acceptors (Lipinski definition) is 2. The third-order valence-electron chi connectivity index (χ3n) is 3.20. The van der Waals surface area contributed by atoms with Crippen LogP contribution < -0.4 is 16.4 Å². The van der Waals surface area contributed by atoms with Crippen molar-refractivity contribution in [1.82, 2.24) is 5.32 Å². The van der Waals surface area contributed by atoms with Crippen molar-refractivity contribution in [3.8, 4) is 0 Å². The lowest BCUT2D eigenvalue weighted by Crippen LogP contribution is -2.47. The fourth-order valence-corrected chi connectivity index (χ4v) is 2.02. The third kappa shape index (κ3) is 3.87. The number of hydrogen-bond donors (Lipinski definition) is 4. The van der Waals surface area contributed by atoms with Gasteiger partial charge in [-0.25, -0.2) is 4.79 Å². The summed E-state index contributed by atoms with van der Waals surface area (Å²) in [5.41, 5.74) is 4.12. The Kier molecular flexibility index (Phi) is 4.06. The first-order chi connectivity index (χ1) is 9.79. The fraction of sp³-hybridized carbons (Fsp3) is 0.385. The zero-order chi connectivity index (χ0) is 15.6. The van der Waals surface area contributed by atoms with E-state index in [1.165, 1.54) is 18.2 Å². The predicted molar refractivity (Wildman–Crippen MR) is 72.0 cm³/mol. The summed E-state index contributed by atoms with van der Waals surface area (Å²) < 4.78 is 38.4. The van der Waals surface area contributed by atoms with Gasteiger partial charge in [0.05, 0.1) is 17.3 Å². The van der Waals surface area contributed by atoms with Crippen LogP contribution in [0.1, 0.15) is 18.4 Å². The van der Waals surface area contributed by atoms with E-state index >= 15 is 0 Å². The van der Waals surface area contributed by atoms with E-state index in [4.69, 9.17) is 11.1 Å². The summed E-state index contributed by atoms with van der Waals surface area (Å²) in [6.45, 7) is 0. The van der Waals surface area contributed by atoms with Crippen LogP contribution in [0.3, 0.4) is 0 Å². The molecule has 0 spiro atoms. The molecule has 1 fully saturated rings. The average Bonchev–Trinajstić information content (AvgIpc) is 3.19. The molecule has 5 N–H and O–H groups in total. The number of urea groups is 1. The molecule has 8 heteroatoms. The molecule has 1 saturated carbocycles. The smallest absolute Gasteiger partial charge is 0.386 e. The Morgan fingerprint density at radius 2 is 1.95 bits per heavy atom. The van der Waals surface area contributed by atoms with Gasteiger partial charge in [0.15, 0.2) is 0 Å². The number of carbonyl (C=O) groups excluding carboxylic acids is 1. The second-order valence-corrected chi connectivity index (χ2v) is 4.91. The number of rotatable bonds is 4. The molecule has 2 amide bonds. The van der Waals surface area contributed by atoms with E-state index in [-0.39, 0.29) is 17.4 Å². The van der Waals surface area contributed by atoms with Crippen LogP contribution in [0.5, 0.6) is 0 Å². The molecule has 0 saturated heterocycles. The molecule has 5 nitrogen and oxygen atoms in total. The zero-order valence-corrected chi connectivity index (χ0v) is 11.0. The lowest BCUT2D eigenvalue weighted by Gasteiger charge is -2.18. The second-order valence-electron chi connectivity index (χ2n) is 4.91. The number of nitrogens with one attached hydrogen (secondary N) is 3. The van der Waals surface area contributed by atoms with Gasteiger partial charge in [0.2, 0.25) is 0 Å². The number of amides is 2. The minimum absolute atomic E-state index is 0.0890. The molecule has 1 aromatic carbocycles. The van der Waals surface area contributed by atoms with Crippen molar-refractivity contribution < 1.29 is 18.0 Å². The summed E-state index contributed by atoms with van der Waals surface area (Å²) in [6.07, 6.45) is -2.88. The summed E-state index contributed by atoms with van der Waals surface area (Å²) in [6, 6.07) is 3.26. The number of carbonyl (C=O) groups is 1. The monoisotopic (exact) mass is 300 g/mol. The lowest BCUT2D eigenvalue weighted by atomic mass is 10.1. The van der Waals surface area contributed by atoms with Crippen molar-refractivity contribution in [2.24, 2.45) is 11.7 Å². The summed E-state index contributed by atoms with van der Waals surface area (Å²) in [7, 11) is 0. The van der Waals surface area contributed by atoms with Crippen molar-refractivity contribution in [3.63, 3.8) is 0 Å². The molecule has 1 aliphatic carbocycles. The van der Waals surface area contributed by atoms with Crippen molar-refractivity contribution >= 4 is 17.6 Å². The van der Waals surface area contributed by atoms with Gasteiger partial charge in [-0.2, -0.15) is 13.2 Å². The normalized spacial score (nSPS) is 16.1. The molecule has 0 aliphatic heterocycles. The van der Waals surface area contributed by atoms with E-state index in [1.54, 1.807) is 0 Å². The van der Waals surface area contributed by atoms with Gasteiger partial charge in [0.25, 0.3) is 0 Å². The van der Waals surface area contributed by atoms with E-state index in [2.05, 4.69) is 10.6 Å². The van der Waals surface area contributed by atoms with Gasteiger partial charge < -0.3 is 16.4 Å². The number of alkyl halides is 3. The molecule has 0 radical (unpaired) electrons. The molecule has 1 aromatic rings. The standard InChI is InChI=1S/C13H15F3N4O/c14-13(15,16)8-3-1-2-4-9(8)19-12(21)20-10(11(17)18)7-5-6-7/h1-4,7,10H,5-6H2,(H3,17,18)(H2,19,20,21). The van der Waals surface area contributed by atoms with Crippen LogP contribution in [0.25, 0.3) is 0 Å². The number of halogens is 3. The second kappa shape index (κ2) is 5.63. The van der Waals surface area contributed by atoms with Crippen LogP contribution in [-0.4, -0.2) is 17.9 Å². The number of para-hydroxylation sites is 1. The predicted octanol–water partition coefficient (Wildman–Crippen LogP) is 2.54. The maximum Gasteiger partial charge on any atom is 0.418 e. The van der Waals surface area contributed by atoms with Crippen LogP contribution in [0.2, 0.25) is 0 Å². The van der Waals surface area contributed by atoms with Gasteiger partial charge >= 0.3 is 12.2 Å². The molecule has 1 unspecified atom stereocenters. The first-order valence-corrected chi connectivity index (χ1v) is 6.36. The Bertz CT molecular complexity index is 555. The van der Waals surface area contributed by atoms with E-state index in [0.717, 1.165) is 18.9 Å². The van der Waals surface area contributed by atoms with Gasteiger partial charge in [0.1, 0.15) is 5.84 Å². The van der Waals surface area contributed by atoms with Gasteiger partial charge in [-0.05, 0) is 30.9 Å². The Morgan fingerprint density at radius 3 is 2.48 bits per heavy atom. The molecule has 1 atom stereocenters. The Morgan fingerprint density at radius 1 is 1.33 bits per heavy atom. The van der Waals surface area contributed by atoms with Gasteiger partial charge in [-0.15, -0.1) is 0 Å². The highest BCUT2D eigenvalue weighted by atomic mass is 19.4. The van der Waals surface area contributed by atoms with E-state index < -0.39 is 23.8 Å². The highest BCUT2D eigenvalue weighted by molar-refractivity contribution is 5.94. The number of benzene rings is 1.